The van der Waals surface area contributed by atoms with Crippen LogP contribution in [-0.4, -0.2) is 0 Å². The molecule has 0 spiro atoms. The number of halogens is 6. The third-order valence-corrected chi connectivity index (χ3v) is 15.5. The zero-order chi connectivity index (χ0) is 64.6. The maximum absolute atomic E-state index is 14.8. The van der Waals surface area contributed by atoms with Gasteiger partial charge < -0.3 is 0 Å². The van der Waals surface area contributed by atoms with Crippen LogP contribution in [-0.2, 0) is 38.5 Å². The molecule has 7 heteroatoms. The molecule has 0 aliphatic rings. The van der Waals surface area contributed by atoms with Crippen molar-refractivity contribution in [1.29, 1.82) is 5.26 Å². The first-order valence-corrected chi connectivity index (χ1v) is 32.6. The van der Waals surface area contributed by atoms with E-state index >= 15 is 0 Å². The van der Waals surface area contributed by atoms with Gasteiger partial charge in [0.2, 0.25) is 0 Å². The highest BCUT2D eigenvalue weighted by Crippen LogP contribution is 2.27. The predicted octanol–water partition coefficient (Wildman–Crippen LogP) is 24.1. The molecule has 0 saturated heterocycles. The number of rotatable bonds is 17. The first kappa shape index (κ1) is 75.0. The van der Waals surface area contributed by atoms with Crippen molar-refractivity contribution in [2.45, 2.75) is 172 Å². The van der Waals surface area contributed by atoms with Crippen LogP contribution < -0.4 is 0 Å². The number of nitriles is 1. The van der Waals surface area contributed by atoms with E-state index in [1.54, 1.807) is 31.2 Å². The number of hydrogen-bond acceptors (Lipinski definition) is 1. The molecule has 0 fully saturated rings. The predicted molar refractivity (Wildman–Crippen MR) is 376 cm³/mol. The lowest BCUT2D eigenvalue weighted by Gasteiger charge is -2.08. The average molecular weight is 1280 g/mol. The Kier molecular flexibility index (Phi) is 37.0. The Bertz CT molecular complexity index is 3460. The van der Waals surface area contributed by atoms with E-state index in [4.69, 9.17) is 34.9 Å². The molecule has 460 valence electrons. The summed E-state index contributed by atoms with van der Waals surface area (Å²) in [5, 5.41) is 8.15. The Morgan fingerprint density at radius 2 is 0.693 bits per heavy atom. The molecule has 0 bridgehead atoms. The van der Waals surface area contributed by atoms with Crippen molar-refractivity contribution in [2.24, 2.45) is 0 Å². The molecular weight excluding hydrogens is 1190 g/mol. The second-order valence-corrected chi connectivity index (χ2v) is 23.3. The van der Waals surface area contributed by atoms with E-state index in [2.05, 4.69) is 172 Å². The summed E-state index contributed by atoms with van der Waals surface area (Å²) < 4.78 is 41.8. The van der Waals surface area contributed by atoms with Gasteiger partial charge in [-0.1, -0.05) is 218 Å². The molecule has 8 aromatic rings. The first-order chi connectivity index (χ1) is 42.4. The van der Waals surface area contributed by atoms with E-state index < -0.39 is 0 Å². The quantitative estimate of drug-likeness (QED) is 0.0658. The number of benzene rings is 8. The molecule has 0 aliphatic heterocycles. The summed E-state index contributed by atoms with van der Waals surface area (Å²) in [6, 6.07) is 53.6. The van der Waals surface area contributed by atoms with Gasteiger partial charge in [0.15, 0.2) is 0 Å². The summed E-state index contributed by atoms with van der Waals surface area (Å²) in [4.78, 5) is 0. The summed E-state index contributed by atoms with van der Waals surface area (Å²) in [5.41, 5.74) is 16.3. The monoisotopic (exact) mass is 1280 g/mol. The number of unbranched alkanes of at least 4 members (excludes halogenated alkanes) is 4. The minimum absolute atomic E-state index is 0.260. The van der Waals surface area contributed by atoms with Crippen molar-refractivity contribution >= 4 is 39.1 Å². The summed E-state index contributed by atoms with van der Waals surface area (Å²) >= 11 is 14.5. The van der Waals surface area contributed by atoms with Gasteiger partial charge in [0.25, 0.3) is 0 Å². The van der Waals surface area contributed by atoms with Gasteiger partial charge in [-0.25, -0.2) is 13.2 Å². The molecule has 0 aliphatic carbocycles. The Morgan fingerprint density at radius 1 is 0.386 bits per heavy atom. The van der Waals surface area contributed by atoms with E-state index in [9.17, 15) is 13.2 Å². The summed E-state index contributed by atoms with van der Waals surface area (Å²) in [7, 11) is 0. The Labute approximate surface area is 546 Å². The summed E-state index contributed by atoms with van der Waals surface area (Å²) in [5.74, 6) is 13.7. The molecule has 0 saturated carbocycles. The van der Waals surface area contributed by atoms with Crippen molar-refractivity contribution in [1.82, 2.24) is 0 Å². The zero-order valence-electron chi connectivity index (χ0n) is 53.6. The fraction of sp³-hybridized carbons (Fsp3) is 0.321. The highest BCUT2D eigenvalue weighted by atomic mass is 79.9. The highest BCUT2D eigenvalue weighted by Gasteiger charge is 2.09. The van der Waals surface area contributed by atoms with Crippen LogP contribution in [0.2, 0.25) is 10.0 Å². The van der Waals surface area contributed by atoms with Gasteiger partial charge in [-0.15, -0.1) is 6.42 Å². The maximum Gasteiger partial charge on any atom is 0.140 e. The van der Waals surface area contributed by atoms with Gasteiger partial charge in [0.05, 0.1) is 21.7 Å². The van der Waals surface area contributed by atoms with Gasteiger partial charge in [-0.05, 0) is 235 Å². The lowest BCUT2D eigenvalue weighted by Crippen LogP contribution is -1.92. The smallest absolute Gasteiger partial charge is 0.140 e. The Hall–Kier alpha value is -7.22. The number of terminal acetylenes is 1. The Morgan fingerprint density at radius 3 is 1.02 bits per heavy atom. The van der Waals surface area contributed by atoms with Crippen LogP contribution in [0, 0.1) is 85.6 Å². The van der Waals surface area contributed by atoms with E-state index in [0.29, 0.717) is 25.6 Å². The van der Waals surface area contributed by atoms with Gasteiger partial charge in [0, 0.05) is 33.7 Å². The van der Waals surface area contributed by atoms with Gasteiger partial charge in [-0.3, -0.25) is 0 Å². The minimum Gasteiger partial charge on any atom is -0.206 e. The molecule has 8 rings (SSSR count). The minimum atomic E-state index is -0.368. The van der Waals surface area contributed by atoms with E-state index in [1.807, 2.05) is 56.3 Å². The normalized spacial score (nSPS) is 9.89. The number of aryl methyl sites for hydroxylation is 9. The highest BCUT2D eigenvalue weighted by molar-refractivity contribution is 9.10. The van der Waals surface area contributed by atoms with Crippen LogP contribution in [0.15, 0.2) is 162 Å². The molecule has 0 amide bonds. The molecule has 0 N–H and O–H groups in total. The van der Waals surface area contributed by atoms with Gasteiger partial charge in [0.1, 0.15) is 17.5 Å². The van der Waals surface area contributed by atoms with E-state index in [0.717, 1.165) is 70.2 Å². The standard InChI is InChI=1S/C28H29F.C19H18ClF.C13H20.C12H14.C7H5BrClF.C2H3N/c1-4-6-8-23-9-11-24(12-10-23)15-18-27-21(3)19-26(20-28(27)29)25-16-13-22(7-5-2)14-17-25;1-3-4-5-15-6-8-16(9-7-15)10-11-18-14(2)12-17(20)13-19(18)21;1-3-5-7-13-10-8-12(6-4-2)9-11-13;1-3-5-6-12-9-7-11(4-2)8-10-12;1-4-2-5(9)3-6(10)7(4)8;1-2-3/h9-14,16-17,19-20H,4-8H2,1-3H3;6-9,12-13H,3-5H2,1-2H3;8-11H,3-7H2,1-2H3;2,7-10H,3,5-6H2,1H3;2-3H,1H3;1H3. The first-order valence-electron chi connectivity index (χ1n) is 31.1. The Balaban J connectivity index is 0.000000301. The number of hydrogen-bond donors (Lipinski definition) is 0. The SMILES string of the molecule is C#Cc1ccc(CCCC)cc1.CC#N.CCCCc1ccc(C#Cc2c(C)cc(-c3ccc(CCC)cc3)cc2F)cc1.CCCCc1ccc(C#Cc2c(C)cc(Cl)cc2F)cc1.CCCCc1ccc(CCC)cc1.Cc1cc(Cl)cc(F)c1Br. The van der Waals surface area contributed by atoms with Crippen LogP contribution in [0.5, 0.6) is 0 Å². The third kappa shape index (κ3) is 28.7. The zero-order valence-corrected chi connectivity index (χ0v) is 56.7. The lowest BCUT2D eigenvalue weighted by atomic mass is 9.97. The van der Waals surface area contributed by atoms with Crippen LogP contribution in [0.1, 0.15) is 191 Å². The van der Waals surface area contributed by atoms with Crippen molar-refractivity contribution in [2.75, 3.05) is 0 Å². The fourth-order valence-corrected chi connectivity index (χ4v) is 9.75. The molecule has 0 atom stereocenters. The van der Waals surface area contributed by atoms with Crippen molar-refractivity contribution in [3.8, 4) is 53.2 Å². The molecule has 0 aromatic heterocycles. The molecule has 1 nitrogen and oxygen atoms in total. The van der Waals surface area contributed by atoms with Gasteiger partial charge >= 0.3 is 0 Å². The molecule has 0 unspecified atom stereocenters. The molecule has 0 radical (unpaired) electrons. The fourth-order valence-electron chi connectivity index (χ4n) is 9.00. The van der Waals surface area contributed by atoms with Crippen molar-refractivity contribution in [3.05, 3.63) is 268 Å². The molecular formula is C81H89BrCl2F3N. The largest absolute Gasteiger partial charge is 0.206 e. The molecule has 0 heterocycles. The summed E-state index contributed by atoms with van der Waals surface area (Å²) in [6.07, 6.45) is 24.4. The van der Waals surface area contributed by atoms with E-state index in [-0.39, 0.29) is 17.5 Å². The second-order valence-electron chi connectivity index (χ2n) is 21.6. The number of nitrogens with zero attached hydrogens (tertiary/aromatic N) is 1. The second kappa shape index (κ2) is 43.4. The van der Waals surface area contributed by atoms with E-state index in [1.165, 1.54) is 129 Å². The van der Waals surface area contributed by atoms with Crippen LogP contribution in [0.4, 0.5) is 13.2 Å². The third-order valence-electron chi connectivity index (χ3n) is 14.1. The maximum atomic E-state index is 14.8. The molecule has 8 aromatic carbocycles. The van der Waals surface area contributed by atoms with Crippen LogP contribution in [0.3, 0.4) is 0 Å². The van der Waals surface area contributed by atoms with Crippen molar-refractivity contribution < 1.29 is 13.2 Å². The van der Waals surface area contributed by atoms with Crippen molar-refractivity contribution in [3.63, 3.8) is 0 Å². The molecule has 88 heavy (non-hydrogen) atoms. The van der Waals surface area contributed by atoms with Crippen LogP contribution >= 0.6 is 39.1 Å². The van der Waals surface area contributed by atoms with Gasteiger partial charge in [-0.2, -0.15) is 5.26 Å². The summed E-state index contributed by atoms with van der Waals surface area (Å²) in [6.45, 7) is 20.2. The topological polar surface area (TPSA) is 23.8 Å². The van der Waals surface area contributed by atoms with Crippen LogP contribution in [0.25, 0.3) is 11.1 Å². The average Bonchev–Trinajstić information content (AvgIpc) is 3.71. The lowest BCUT2D eigenvalue weighted by molar-refractivity contribution is 0.619.